The summed E-state index contributed by atoms with van der Waals surface area (Å²) in [6.07, 6.45) is 1.42. The van der Waals surface area contributed by atoms with Crippen LogP contribution < -0.4 is 4.72 Å². The molecule has 8 nitrogen and oxygen atoms in total. The van der Waals surface area contributed by atoms with Gasteiger partial charge in [0.2, 0.25) is 5.78 Å². The quantitative estimate of drug-likeness (QED) is 0.148. The summed E-state index contributed by atoms with van der Waals surface area (Å²) in [4.78, 5) is 24.7. The smallest absolute Gasteiger partial charge is 0.263 e. The molecule has 3 N–H and O–H groups in total. The van der Waals surface area contributed by atoms with E-state index in [1.54, 1.807) is 36.4 Å². The standard InChI is InChI=1S/C27H18F2N4O4S/c28-18-12-17(13-19(29)15-18)26(35)24(27-31-21-8-1-2-9-22(21)32-27)25(34)16-6-5-7-20(14-16)38(36,37)33-23-10-3-4-11-30-23/h1-15,35H,(H,30,33)(H,31,32). The van der Waals surface area contributed by atoms with Gasteiger partial charge in [0.15, 0.2) is 0 Å². The molecule has 0 saturated heterocycles. The maximum Gasteiger partial charge on any atom is 0.263 e. The van der Waals surface area contributed by atoms with Crippen molar-refractivity contribution < 1.29 is 27.1 Å². The number of sulfonamides is 1. The minimum absolute atomic E-state index is 0.0711. The first kappa shape index (κ1) is 24.8. The number of nitrogens with one attached hydrogen (secondary N) is 2. The van der Waals surface area contributed by atoms with Crippen LogP contribution in [0.1, 0.15) is 21.7 Å². The molecule has 5 aromatic rings. The van der Waals surface area contributed by atoms with Gasteiger partial charge in [0.1, 0.15) is 34.6 Å². The summed E-state index contributed by atoms with van der Waals surface area (Å²) in [6.45, 7) is 0. The molecule has 2 heterocycles. The van der Waals surface area contributed by atoms with Crippen LogP contribution in [-0.4, -0.2) is 34.3 Å². The normalized spacial score (nSPS) is 12.3. The van der Waals surface area contributed by atoms with E-state index in [0.717, 1.165) is 18.2 Å². The number of nitrogens with zero attached hydrogens (tertiary/aromatic N) is 2. The molecule has 0 aliphatic rings. The summed E-state index contributed by atoms with van der Waals surface area (Å²) in [7, 11) is -4.13. The number of pyridine rings is 1. The highest BCUT2D eigenvalue weighted by Gasteiger charge is 2.26. The van der Waals surface area contributed by atoms with Crippen molar-refractivity contribution >= 4 is 44.0 Å². The van der Waals surface area contributed by atoms with Crippen LogP contribution in [-0.2, 0) is 10.0 Å². The van der Waals surface area contributed by atoms with Crippen LogP contribution in [0.25, 0.3) is 22.4 Å². The predicted molar refractivity (Wildman–Crippen MR) is 138 cm³/mol. The van der Waals surface area contributed by atoms with E-state index in [1.807, 2.05) is 0 Å². The van der Waals surface area contributed by atoms with Gasteiger partial charge in [-0.15, -0.1) is 0 Å². The van der Waals surface area contributed by atoms with E-state index in [4.69, 9.17) is 0 Å². The Morgan fingerprint density at radius 3 is 2.32 bits per heavy atom. The number of hydrogen-bond acceptors (Lipinski definition) is 6. The molecule has 38 heavy (non-hydrogen) atoms. The van der Waals surface area contributed by atoms with Crippen molar-refractivity contribution in [3.63, 3.8) is 0 Å². The molecule has 0 amide bonds. The summed E-state index contributed by atoms with van der Waals surface area (Å²) in [6, 6.07) is 19.0. The molecule has 0 saturated carbocycles. The van der Waals surface area contributed by atoms with E-state index < -0.39 is 38.8 Å². The van der Waals surface area contributed by atoms with Crippen molar-refractivity contribution in [1.82, 2.24) is 15.0 Å². The average molecular weight is 533 g/mol. The number of halogens is 2. The van der Waals surface area contributed by atoms with Gasteiger partial charge in [0.25, 0.3) is 10.0 Å². The fourth-order valence-electron chi connectivity index (χ4n) is 3.80. The Morgan fingerprint density at radius 1 is 0.868 bits per heavy atom. The van der Waals surface area contributed by atoms with Crippen LogP contribution in [0, 0.1) is 11.6 Å². The molecule has 5 rings (SSSR count). The van der Waals surface area contributed by atoms with Gasteiger partial charge < -0.3 is 10.1 Å². The number of anilines is 1. The fraction of sp³-hybridized carbons (Fsp3) is 0. The minimum Gasteiger partial charge on any atom is -0.506 e. The molecular weight excluding hydrogens is 514 g/mol. The van der Waals surface area contributed by atoms with Crippen LogP contribution in [0.15, 0.2) is 96.0 Å². The summed E-state index contributed by atoms with van der Waals surface area (Å²) in [5.74, 6) is -3.49. The van der Waals surface area contributed by atoms with Crippen LogP contribution >= 0.6 is 0 Å². The van der Waals surface area contributed by atoms with E-state index in [9.17, 15) is 27.1 Å². The molecular formula is C27H18F2N4O4S. The van der Waals surface area contributed by atoms with Gasteiger partial charge in [0, 0.05) is 23.4 Å². The van der Waals surface area contributed by atoms with Gasteiger partial charge in [-0.25, -0.2) is 27.2 Å². The topological polar surface area (TPSA) is 125 Å². The second kappa shape index (κ2) is 9.87. The first-order chi connectivity index (χ1) is 18.2. The molecule has 190 valence electrons. The molecule has 0 bridgehead atoms. The molecule has 0 aliphatic heterocycles. The summed E-state index contributed by atoms with van der Waals surface area (Å²) in [5.41, 5.74) is 0.196. The number of H-pyrrole nitrogens is 1. The highest BCUT2D eigenvalue weighted by molar-refractivity contribution is 7.92. The molecule has 0 radical (unpaired) electrons. The van der Waals surface area contributed by atoms with Crippen molar-refractivity contribution in [2.45, 2.75) is 4.90 Å². The number of fused-ring (bicyclic) bond motifs is 1. The first-order valence-corrected chi connectivity index (χ1v) is 12.6. The van der Waals surface area contributed by atoms with Crippen LogP contribution in [0.2, 0.25) is 0 Å². The zero-order valence-corrected chi connectivity index (χ0v) is 20.2. The van der Waals surface area contributed by atoms with Gasteiger partial charge in [-0.1, -0.05) is 30.3 Å². The van der Waals surface area contributed by atoms with Gasteiger partial charge in [-0.2, -0.15) is 0 Å². The van der Waals surface area contributed by atoms with Crippen LogP contribution in [0.5, 0.6) is 0 Å². The van der Waals surface area contributed by atoms with Gasteiger partial charge >= 0.3 is 0 Å². The number of aromatic nitrogens is 3. The number of rotatable bonds is 7. The van der Waals surface area contributed by atoms with Crippen LogP contribution in [0.3, 0.4) is 0 Å². The number of hydrogen-bond donors (Lipinski definition) is 3. The number of benzene rings is 3. The highest BCUT2D eigenvalue weighted by atomic mass is 32.2. The number of aliphatic hydroxyl groups is 1. The first-order valence-electron chi connectivity index (χ1n) is 11.1. The monoisotopic (exact) mass is 532 g/mol. The fourth-order valence-corrected chi connectivity index (χ4v) is 4.86. The number of para-hydroxylation sites is 2. The Bertz CT molecular complexity index is 1770. The Hall–Kier alpha value is -4.90. The maximum atomic E-state index is 13.9. The lowest BCUT2D eigenvalue weighted by Crippen LogP contribution is -2.15. The lowest BCUT2D eigenvalue weighted by molar-refractivity contribution is 0.105. The average Bonchev–Trinajstić information content (AvgIpc) is 3.32. The zero-order valence-electron chi connectivity index (χ0n) is 19.4. The second-order valence-electron chi connectivity index (χ2n) is 8.16. The van der Waals surface area contributed by atoms with Crippen molar-refractivity contribution in [2.75, 3.05) is 4.72 Å². The van der Waals surface area contributed by atoms with E-state index >= 15 is 0 Å². The number of carbonyl (C=O) groups excluding carboxylic acids is 1. The maximum absolute atomic E-state index is 13.9. The van der Waals surface area contributed by atoms with Gasteiger partial charge in [-0.3, -0.25) is 9.52 Å². The van der Waals surface area contributed by atoms with Crippen molar-refractivity contribution in [3.05, 3.63) is 120 Å². The molecule has 0 spiro atoms. The molecule has 0 unspecified atom stereocenters. The largest absolute Gasteiger partial charge is 0.506 e. The summed E-state index contributed by atoms with van der Waals surface area (Å²) >= 11 is 0. The van der Waals surface area contributed by atoms with E-state index in [1.165, 1.54) is 30.5 Å². The summed E-state index contributed by atoms with van der Waals surface area (Å²) in [5, 5.41) is 11.1. The van der Waals surface area contributed by atoms with E-state index in [-0.39, 0.29) is 27.7 Å². The Balaban J connectivity index is 1.63. The third-order valence-corrected chi connectivity index (χ3v) is 6.89. The van der Waals surface area contributed by atoms with E-state index in [0.29, 0.717) is 17.1 Å². The number of Topliss-reactive ketones (excluding diaryl/α,β-unsaturated/α-hetero) is 1. The van der Waals surface area contributed by atoms with Crippen molar-refractivity contribution in [2.24, 2.45) is 0 Å². The highest BCUT2D eigenvalue weighted by Crippen LogP contribution is 2.29. The van der Waals surface area contributed by atoms with Crippen molar-refractivity contribution in [1.29, 1.82) is 0 Å². The van der Waals surface area contributed by atoms with Crippen molar-refractivity contribution in [3.8, 4) is 0 Å². The zero-order chi connectivity index (χ0) is 26.9. The Labute approximate surface area is 215 Å². The van der Waals surface area contributed by atoms with Crippen LogP contribution in [0.4, 0.5) is 14.6 Å². The Morgan fingerprint density at radius 2 is 1.61 bits per heavy atom. The molecule has 0 aliphatic carbocycles. The Kier molecular flexibility index (Phi) is 6.43. The number of aromatic amines is 1. The number of aliphatic hydroxyl groups excluding tert-OH is 1. The number of carbonyl (C=O) groups is 1. The number of allylic oxidation sites excluding steroid dienone is 1. The lowest BCUT2D eigenvalue weighted by Gasteiger charge is -2.11. The molecule has 2 aromatic heterocycles. The minimum atomic E-state index is -4.13. The van der Waals surface area contributed by atoms with E-state index in [2.05, 4.69) is 19.7 Å². The van der Waals surface area contributed by atoms with Gasteiger partial charge in [0.05, 0.1) is 15.9 Å². The second-order valence-corrected chi connectivity index (χ2v) is 9.84. The molecule has 11 heteroatoms. The molecule has 3 aromatic carbocycles. The molecule has 0 fully saturated rings. The lowest BCUT2D eigenvalue weighted by atomic mass is 9.98. The van der Waals surface area contributed by atoms with Gasteiger partial charge in [-0.05, 0) is 48.5 Å². The summed E-state index contributed by atoms with van der Waals surface area (Å²) < 4.78 is 56.1. The number of imidazole rings is 1. The SMILES string of the molecule is O=C(C(=C(O)c1cc(F)cc(F)c1)c1nc2ccccc2[nH]1)c1cccc(S(=O)(=O)Nc2ccccn2)c1. The predicted octanol–water partition coefficient (Wildman–Crippen LogP) is 5.35. The number of ketones is 1. The third kappa shape index (κ3) is 5.00. The molecule has 0 atom stereocenters. The third-order valence-electron chi connectivity index (χ3n) is 5.54.